The van der Waals surface area contributed by atoms with Gasteiger partial charge in [-0.2, -0.15) is 0 Å². The average Bonchev–Trinajstić information content (AvgIpc) is 2.49. The van der Waals surface area contributed by atoms with Gasteiger partial charge in [-0.3, -0.25) is 9.59 Å². The molecule has 0 N–H and O–H groups in total. The first-order valence-electron chi connectivity index (χ1n) is 8.62. The maximum Gasteiger partial charge on any atom is 0.410 e. The summed E-state index contributed by atoms with van der Waals surface area (Å²) in [5.41, 5.74) is -0.659. The molecule has 7 nitrogen and oxygen atoms in total. The van der Waals surface area contributed by atoms with E-state index in [0.717, 1.165) is 6.42 Å². The van der Waals surface area contributed by atoms with Crippen LogP contribution in [0, 0.1) is 5.92 Å². The highest BCUT2D eigenvalue weighted by molar-refractivity contribution is 5.94. The Bertz CT molecular complexity index is 749. The standard InChI is InChI=1S/C18H25N3O4/c1-18(2,3)25-17(24)20-9-7-12-10-21(14(12)11-20)16(23)13-6-5-8-19(4)15(13)22/h5-6,8,12,14H,7,9-11H2,1-4H3/t12-,14-/m1/s1. The molecule has 3 rings (SSSR count). The van der Waals surface area contributed by atoms with Crippen molar-refractivity contribution in [1.29, 1.82) is 0 Å². The fourth-order valence-electron chi connectivity index (χ4n) is 3.44. The topological polar surface area (TPSA) is 71.8 Å². The second-order valence-corrected chi connectivity index (χ2v) is 7.84. The first-order valence-corrected chi connectivity index (χ1v) is 8.62. The third-order valence-corrected chi connectivity index (χ3v) is 4.82. The van der Waals surface area contributed by atoms with E-state index in [0.29, 0.717) is 25.6 Å². The molecule has 0 unspecified atom stereocenters. The van der Waals surface area contributed by atoms with Crippen molar-refractivity contribution >= 4 is 12.0 Å². The van der Waals surface area contributed by atoms with Gasteiger partial charge in [-0.1, -0.05) is 0 Å². The van der Waals surface area contributed by atoms with Gasteiger partial charge in [0.2, 0.25) is 0 Å². The summed E-state index contributed by atoms with van der Waals surface area (Å²) >= 11 is 0. The van der Waals surface area contributed by atoms with Crippen LogP contribution in [0.1, 0.15) is 37.6 Å². The zero-order chi connectivity index (χ0) is 18.4. The van der Waals surface area contributed by atoms with Crippen molar-refractivity contribution in [2.24, 2.45) is 13.0 Å². The highest BCUT2D eigenvalue weighted by Crippen LogP contribution is 2.33. The zero-order valence-corrected chi connectivity index (χ0v) is 15.2. The van der Waals surface area contributed by atoms with Gasteiger partial charge in [-0.05, 0) is 39.3 Å². The second kappa shape index (κ2) is 6.20. The van der Waals surface area contributed by atoms with E-state index in [1.807, 2.05) is 20.8 Å². The zero-order valence-electron chi connectivity index (χ0n) is 15.2. The lowest BCUT2D eigenvalue weighted by atomic mass is 9.82. The molecule has 2 saturated heterocycles. The fraction of sp³-hybridized carbons (Fsp3) is 0.611. The molecule has 1 aromatic heterocycles. The summed E-state index contributed by atoms with van der Waals surface area (Å²) in [5.74, 6) is 0.128. The Morgan fingerprint density at radius 2 is 1.96 bits per heavy atom. The highest BCUT2D eigenvalue weighted by Gasteiger charge is 2.46. The van der Waals surface area contributed by atoms with Gasteiger partial charge in [-0.25, -0.2) is 4.79 Å². The minimum Gasteiger partial charge on any atom is -0.444 e. The molecule has 0 aromatic carbocycles. The van der Waals surface area contributed by atoms with Gasteiger partial charge in [0, 0.05) is 38.8 Å². The highest BCUT2D eigenvalue weighted by atomic mass is 16.6. The summed E-state index contributed by atoms with van der Waals surface area (Å²) in [7, 11) is 1.63. The van der Waals surface area contributed by atoms with Gasteiger partial charge >= 0.3 is 6.09 Å². The van der Waals surface area contributed by atoms with Gasteiger partial charge in [-0.15, -0.1) is 0 Å². The fourth-order valence-corrected chi connectivity index (χ4v) is 3.44. The lowest BCUT2D eigenvalue weighted by Crippen LogP contribution is -2.66. The van der Waals surface area contributed by atoms with Gasteiger partial charge in [0.1, 0.15) is 11.2 Å². The van der Waals surface area contributed by atoms with Gasteiger partial charge in [0.05, 0.1) is 6.04 Å². The molecule has 136 valence electrons. The largest absolute Gasteiger partial charge is 0.444 e. The molecule has 1 aromatic rings. The average molecular weight is 347 g/mol. The third-order valence-electron chi connectivity index (χ3n) is 4.82. The van der Waals surface area contributed by atoms with Gasteiger partial charge in [0.25, 0.3) is 11.5 Å². The van der Waals surface area contributed by atoms with Crippen molar-refractivity contribution < 1.29 is 14.3 Å². The molecular formula is C18H25N3O4. The molecule has 2 atom stereocenters. The summed E-state index contributed by atoms with van der Waals surface area (Å²) < 4.78 is 6.83. The summed E-state index contributed by atoms with van der Waals surface area (Å²) in [6.45, 7) is 7.25. The van der Waals surface area contributed by atoms with Crippen molar-refractivity contribution in [1.82, 2.24) is 14.4 Å². The van der Waals surface area contributed by atoms with Crippen molar-refractivity contribution in [3.05, 3.63) is 34.2 Å². The van der Waals surface area contributed by atoms with E-state index in [1.165, 1.54) is 4.57 Å². The van der Waals surface area contributed by atoms with E-state index in [-0.39, 0.29) is 29.2 Å². The molecule has 3 heterocycles. The Morgan fingerprint density at radius 3 is 2.64 bits per heavy atom. The van der Waals surface area contributed by atoms with Crippen molar-refractivity contribution in [3.8, 4) is 0 Å². The van der Waals surface area contributed by atoms with Crippen molar-refractivity contribution in [3.63, 3.8) is 0 Å². The predicted molar refractivity (Wildman–Crippen MR) is 92.4 cm³/mol. The van der Waals surface area contributed by atoms with Crippen LogP contribution < -0.4 is 5.56 Å². The quantitative estimate of drug-likeness (QED) is 0.771. The maximum absolute atomic E-state index is 12.7. The van der Waals surface area contributed by atoms with Gasteiger partial charge < -0.3 is 19.1 Å². The molecule has 0 spiro atoms. The first kappa shape index (κ1) is 17.5. The Morgan fingerprint density at radius 1 is 1.24 bits per heavy atom. The minimum absolute atomic E-state index is 0.0429. The van der Waals surface area contributed by atoms with Crippen LogP contribution in [0.4, 0.5) is 4.79 Å². The number of aromatic nitrogens is 1. The normalized spacial score (nSPS) is 22.9. The molecule has 0 radical (unpaired) electrons. The van der Waals surface area contributed by atoms with E-state index in [9.17, 15) is 14.4 Å². The lowest BCUT2D eigenvalue weighted by molar-refractivity contribution is -0.0386. The Kier molecular flexibility index (Phi) is 4.34. The molecule has 2 fully saturated rings. The number of hydrogen-bond acceptors (Lipinski definition) is 4. The van der Waals surface area contributed by atoms with Crippen LogP contribution in [0.5, 0.6) is 0 Å². The summed E-state index contributed by atoms with van der Waals surface area (Å²) in [5, 5.41) is 0. The van der Waals surface area contributed by atoms with Crippen LogP contribution in [0.15, 0.2) is 23.1 Å². The van der Waals surface area contributed by atoms with Crippen LogP contribution in [0.2, 0.25) is 0 Å². The minimum atomic E-state index is -0.542. The Hall–Kier alpha value is -2.31. The van der Waals surface area contributed by atoms with Crippen LogP contribution in [0.3, 0.4) is 0 Å². The second-order valence-electron chi connectivity index (χ2n) is 7.84. The number of hydrogen-bond donors (Lipinski definition) is 0. The number of pyridine rings is 1. The van der Waals surface area contributed by atoms with E-state index >= 15 is 0 Å². The molecule has 2 aliphatic heterocycles. The number of carbonyl (C=O) groups is 2. The number of amides is 2. The van der Waals surface area contributed by atoms with Gasteiger partial charge in [0.15, 0.2) is 0 Å². The summed E-state index contributed by atoms with van der Waals surface area (Å²) in [4.78, 5) is 40.6. The van der Waals surface area contributed by atoms with Crippen LogP contribution in [-0.2, 0) is 11.8 Å². The number of fused-ring (bicyclic) bond motifs is 1. The molecule has 0 bridgehead atoms. The van der Waals surface area contributed by atoms with Crippen molar-refractivity contribution in [2.45, 2.75) is 38.8 Å². The number of nitrogens with zero attached hydrogens (tertiary/aromatic N) is 3. The SMILES string of the molecule is Cn1cccc(C(=O)N2C[C@H]3CCN(C(=O)OC(C)(C)C)C[C@H]32)c1=O. The van der Waals surface area contributed by atoms with E-state index in [1.54, 1.807) is 35.2 Å². The van der Waals surface area contributed by atoms with Crippen LogP contribution in [0.25, 0.3) is 0 Å². The lowest BCUT2D eigenvalue weighted by Gasteiger charge is -2.53. The monoisotopic (exact) mass is 347 g/mol. The van der Waals surface area contributed by atoms with Crippen LogP contribution >= 0.6 is 0 Å². The van der Waals surface area contributed by atoms with Crippen molar-refractivity contribution in [2.75, 3.05) is 19.6 Å². The molecule has 7 heteroatoms. The molecule has 25 heavy (non-hydrogen) atoms. The predicted octanol–water partition coefficient (Wildman–Crippen LogP) is 1.47. The first-order chi connectivity index (χ1) is 11.7. The number of likely N-dealkylation sites (tertiary alicyclic amines) is 2. The smallest absolute Gasteiger partial charge is 0.410 e. The Balaban J connectivity index is 1.71. The van der Waals surface area contributed by atoms with Crippen LogP contribution in [-0.4, -0.2) is 57.6 Å². The number of piperidine rings is 1. The number of carbonyl (C=O) groups excluding carboxylic acids is 2. The van der Waals surface area contributed by atoms with E-state index in [2.05, 4.69) is 0 Å². The number of aryl methyl sites for hydroxylation is 1. The van der Waals surface area contributed by atoms with E-state index < -0.39 is 5.60 Å². The third kappa shape index (κ3) is 3.41. The maximum atomic E-state index is 12.7. The number of rotatable bonds is 1. The molecule has 2 aliphatic rings. The number of ether oxygens (including phenoxy) is 1. The summed E-state index contributed by atoms with van der Waals surface area (Å²) in [6.07, 6.45) is 2.13. The molecule has 0 saturated carbocycles. The summed E-state index contributed by atoms with van der Waals surface area (Å²) in [6, 6.07) is 3.21. The molecule has 2 amide bonds. The Labute approximate surface area is 147 Å². The van der Waals surface area contributed by atoms with E-state index in [4.69, 9.17) is 4.74 Å². The molecule has 0 aliphatic carbocycles. The molecular weight excluding hydrogens is 322 g/mol.